The average molecular weight is 340 g/mol. The van der Waals surface area contributed by atoms with Gasteiger partial charge in [0, 0.05) is 6.07 Å². The predicted molar refractivity (Wildman–Crippen MR) is 85.0 cm³/mol. The zero-order valence-electron chi connectivity index (χ0n) is 12.5. The summed E-state index contributed by atoms with van der Waals surface area (Å²) in [4.78, 5) is 12.0. The normalized spacial score (nSPS) is 10.3. The highest BCUT2D eigenvalue weighted by atomic mass is 35.5. The van der Waals surface area contributed by atoms with E-state index in [1.807, 2.05) is 0 Å². The van der Waals surface area contributed by atoms with Crippen LogP contribution < -0.4 is 14.8 Å². The summed E-state index contributed by atoms with van der Waals surface area (Å²) in [5.41, 5.74) is 0.573. The fourth-order valence-corrected chi connectivity index (χ4v) is 2.17. The van der Waals surface area contributed by atoms with Gasteiger partial charge in [0.05, 0.1) is 31.4 Å². The number of carbonyl (C=O) groups is 1. The van der Waals surface area contributed by atoms with Gasteiger partial charge < -0.3 is 19.9 Å². The molecule has 2 N–H and O–H groups in total. The topological polar surface area (TPSA) is 67.8 Å². The van der Waals surface area contributed by atoms with Gasteiger partial charge >= 0.3 is 0 Å². The van der Waals surface area contributed by atoms with Crippen LogP contribution >= 0.6 is 11.6 Å². The molecule has 7 heteroatoms. The van der Waals surface area contributed by atoms with E-state index in [0.29, 0.717) is 17.1 Å². The Bertz CT molecular complexity index is 736. The number of hydrogen-bond acceptors (Lipinski definition) is 4. The number of halogens is 2. The van der Waals surface area contributed by atoms with Gasteiger partial charge in [0.1, 0.15) is 11.6 Å². The van der Waals surface area contributed by atoms with E-state index in [4.69, 9.17) is 21.1 Å². The van der Waals surface area contributed by atoms with Crippen LogP contribution in [0, 0.1) is 5.82 Å². The molecule has 0 aliphatic heterocycles. The molecule has 0 aromatic heterocycles. The Balaban J connectivity index is 2.12. The summed E-state index contributed by atoms with van der Waals surface area (Å²) in [5.74, 6) is -0.544. The molecule has 0 bridgehead atoms. The first-order chi connectivity index (χ1) is 10.9. The zero-order chi connectivity index (χ0) is 17.0. The largest absolute Gasteiger partial charge is 0.506 e. The molecule has 0 saturated heterocycles. The molecule has 23 heavy (non-hydrogen) atoms. The highest BCUT2D eigenvalue weighted by molar-refractivity contribution is 6.32. The van der Waals surface area contributed by atoms with Crippen molar-refractivity contribution in [2.45, 2.75) is 6.42 Å². The third-order valence-corrected chi connectivity index (χ3v) is 3.43. The smallest absolute Gasteiger partial charge is 0.228 e. The molecule has 122 valence electrons. The molecule has 0 aliphatic rings. The predicted octanol–water partition coefficient (Wildman–Crippen LogP) is 3.38. The third kappa shape index (κ3) is 4.04. The van der Waals surface area contributed by atoms with Crippen LogP contribution in [0.15, 0.2) is 30.3 Å². The number of nitrogens with one attached hydrogen (secondary N) is 1. The lowest BCUT2D eigenvalue weighted by molar-refractivity contribution is -0.115. The van der Waals surface area contributed by atoms with Crippen molar-refractivity contribution in [1.82, 2.24) is 0 Å². The number of anilines is 1. The monoisotopic (exact) mass is 339 g/mol. The van der Waals surface area contributed by atoms with E-state index in [2.05, 4.69) is 5.32 Å². The van der Waals surface area contributed by atoms with Gasteiger partial charge in [0.15, 0.2) is 11.5 Å². The summed E-state index contributed by atoms with van der Waals surface area (Å²) < 4.78 is 24.0. The Kier molecular flexibility index (Phi) is 5.28. The first-order valence-corrected chi connectivity index (χ1v) is 7.01. The van der Waals surface area contributed by atoms with E-state index >= 15 is 0 Å². The van der Waals surface area contributed by atoms with Gasteiger partial charge in [-0.05, 0) is 23.8 Å². The van der Waals surface area contributed by atoms with Crippen molar-refractivity contribution >= 4 is 23.2 Å². The van der Waals surface area contributed by atoms with Crippen LogP contribution in [0.5, 0.6) is 17.2 Å². The van der Waals surface area contributed by atoms with Crippen molar-refractivity contribution in [2.24, 2.45) is 0 Å². The van der Waals surface area contributed by atoms with Gasteiger partial charge in [-0.25, -0.2) is 4.39 Å². The van der Waals surface area contributed by atoms with Crippen molar-refractivity contribution < 1.29 is 23.8 Å². The quantitative estimate of drug-likeness (QED) is 0.819. The van der Waals surface area contributed by atoms with Gasteiger partial charge in [-0.2, -0.15) is 0 Å². The second-order valence-electron chi connectivity index (χ2n) is 4.70. The zero-order valence-corrected chi connectivity index (χ0v) is 13.3. The molecule has 0 heterocycles. The number of phenolic OH excluding ortho intramolecular Hbond substituents is 1. The van der Waals surface area contributed by atoms with E-state index in [1.165, 1.54) is 14.2 Å². The van der Waals surface area contributed by atoms with E-state index in [1.54, 1.807) is 18.2 Å². The third-order valence-electron chi connectivity index (χ3n) is 3.12. The molecule has 0 atom stereocenters. The number of benzene rings is 2. The van der Waals surface area contributed by atoms with Crippen molar-refractivity contribution in [2.75, 3.05) is 19.5 Å². The number of rotatable bonds is 5. The maximum Gasteiger partial charge on any atom is 0.228 e. The van der Waals surface area contributed by atoms with Crippen molar-refractivity contribution in [3.8, 4) is 17.2 Å². The summed E-state index contributed by atoms with van der Waals surface area (Å²) in [6.45, 7) is 0. The number of aromatic hydroxyl groups is 1. The maximum absolute atomic E-state index is 13.7. The number of methoxy groups -OCH3 is 2. The number of carbonyl (C=O) groups excluding carboxylic acids is 1. The summed E-state index contributed by atoms with van der Waals surface area (Å²) in [6, 6.07) is 7.05. The Morgan fingerprint density at radius 2 is 1.91 bits per heavy atom. The molecule has 0 unspecified atom stereocenters. The lowest BCUT2D eigenvalue weighted by Crippen LogP contribution is -2.15. The second-order valence-corrected chi connectivity index (χ2v) is 5.10. The average Bonchev–Trinajstić information content (AvgIpc) is 2.52. The van der Waals surface area contributed by atoms with Crippen LogP contribution in [0.2, 0.25) is 5.02 Å². The lowest BCUT2D eigenvalue weighted by Gasteiger charge is -2.10. The second kappa shape index (κ2) is 7.19. The first-order valence-electron chi connectivity index (χ1n) is 6.63. The van der Waals surface area contributed by atoms with Crippen LogP contribution in [0.25, 0.3) is 0 Å². The van der Waals surface area contributed by atoms with Crippen LogP contribution in [-0.4, -0.2) is 25.2 Å². The van der Waals surface area contributed by atoms with Crippen molar-refractivity contribution in [3.63, 3.8) is 0 Å². The van der Waals surface area contributed by atoms with Crippen molar-refractivity contribution in [3.05, 3.63) is 46.7 Å². The van der Waals surface area contributed by atoms with E-state index < -0.39 is 11.7 Å². The van der Waals surface area contributed by atoms with Gasteiger partial charge in [0.2, 0.25) is 5.91 Å². The van der Waals surface area contributed by atoms with Crippen molar-refractivity contribution in [1.29, 1.82) is 0 Å². The summed E-state index contributed by atoms with van der Waals surface area (Å²) >= 11 is 5.70. The molecule has 0 aliphatic carbocycles. The van der Waals surface area contributed by atoms with Gasteiger partial charge in [-0.1, -0.05) is 17.7 Å². The van der Waals surface area contributed by atoms with Crippen LogP contribution in [-0.2, 0) is 11.2 Å². The maximum atomic E-state index is 13.7. The van der Waals surface area contributed by atoms with Gasteiger partial charge in [-0.3, -0.25) is 4.79 Å². The fraction of sp³-hybridized carbons (Fsp3) is 0.188. The molecule has 0 fully saturated rings. The van der Waals surface area contributed by atoms with E-state index in [0.717, 1.165) is 12.1 Å². The Labute approximate surface area is 137 Å². The molecule has 5 nitrogen and oxygen atoms in total. The minimum Gasteiger partial charge on any atom is -0.506 e. The number of amides is 1. The highest BCUT2D eigenvalue weighted by Crippen LogP contribution is 2.30. The molecule has 2 rings (SSSR count). The first kappa shape index (κ1) is 16.9. The molecule has 1 amide bonds. The Morgan fingerprint density at radius 1 is 1.22 bits per heavy atom. The highest BCUT2D eigenvalue weighted by Gasteiger charge is 2.12. The Morgan fingerprint density at radius 3 is 2.57 bits per heavy atom. The molecule has 0 saturated carbocycles. The van der Waals surface area contributed by atoms with Crippen LogP contribution in [0.4, 0.5) is 10.1 Å². The van der Waals surface area contributed by atoms with E-state index in [-0.39, 0.29) is 22.9 Å². The molecular formula is C16H15ClFNO4. The minimum atomic E-state index is -0.771. The standard InChI is InChI=1S/C16H15ClFNO4/c1-22-14-4-3-9(5-15(14)23-2)6-16(21)19-12-7-10(17)13(20)8-11(12)18/h3-5,7-8,20H,6H2,1-2H3,(H,19,21). The van der Waals surface area contributed by atoms with Gasteiger partial charge in [0.25, 0.3) is 0 Å². The molecular weight excluding hydrogens is 325 g/mol. The molecule has 0 spiro atoms. The summed E-state index contributed by atoms with van der Waals surface area (Å²) in [7, 11) is 3.01. The van der Waals surface area contributed by atoms with Crippen LogP contribution in [0.1, 0.15) is 5.56 Å². The van der Waals surface area contributed by atoms with Crippen LogP contribution in [0.3, 0.4) is 0 Å². The number of phenols is 1. The molecule has 0 radical (unpaired) electrons. The SMILES string of the molecule is COc1ccc(CC(=O)Nc2cc(Cl)c(O)cc2F)cc1OC. The molecule has 2 aromatic carbocycles. The number of ether oxygens (including phenoxy) is 2. The minimum absolute atomic E-state index is 0.0122. The number of hydrogen-bond donors (Lipinski definition) is 2. The summed E-state index contributed by atoms with van der Waals surface area (Å²) in [6.07, 6.45) is 0.0122. The summed E-state index contributed by atoms with van der Waals surface area (Å²) in [5, 5.41) is 11.7. The fourth-order valence-electron chi connectivity index (χ4n) is 2.00. The lowest BCUT2D eigenvalue weighted by atomic mass is 10.1. The van der Waals surface area contributed by atoms with Gasteiger partial charge in [-0.15, -0.1) is 0 Å². The van der Waals surface area contributed by atoms with E-state index in [9.17, 15) is 14.3 Å². The Hall–Kier alpha value is -2.47. The molecule has 2 aromatic rings.